The van der Waals surface area contributed by atoms with Crippen LogP contribution in [0.15, 0.2) is 30.3 Å². The zero-order chi connectivity index (χ0) is 14.8. The molecule has 0 bridgehead atoms. The summed E-state index contributed by atoms with van der Waals surface area (Å²) in [5.74, 6) is 0. The van der Waals surface area contributed by atoms with E-state index in [9.17, 15) is 0 Å². The van der Waals surface area contributed by atoms with E-state index in [4.69, 9.17) is 4.74 Å². The number of benzene rings is 1. The lowest BCUT2D eigenvalue weighted by Gasteiger charge is -2.24. The highest BCUT2D eigenvalue weighted by Gasteiger charge is 2.17. The lowest BCUT2D eigenvalue weighted by atomic mass is 10.1. The molecule has 1 heterocycles. The molecule has 2 rings (SSSR count). The molecule has 118 valence electrons. The van der Waals surface area contributed by atoms with Crippen molar-refractivity contribution in [3.63, 3.8) is 0 Å². The molecule has 3 nitrogen and oxygen atoms in total. The van der Waals surface area contributed by atoms with Gasteiger partial charge in [-0.3, -0.25) is 0 Å². The van der Waals surface area contributed by atoms with Gasteiger partial charge in [-0.25, -0.2) is 0 Å². The third kappa shape index (κ3) is 6.60. The molecule has 0 saturated carbocycles. The van der Waals surface area contributed by atoms with Gasteiger partial charge in [0.1, 0.15) is 0 Å². The summed E-state index contributed by atoms with van der Waals surface area (Å²) in [5.41, 5.74) is 1.44. The molecule has 0 radical (unpaired) electrons. The van der Waals surface area contributed by atoms with Gasteiger partial charge in [0, 0.05) is 26.3 Å². The molecule has 1 N–H and O–H groups in total. The quantitative estimate of drug-likeness (QED) is 0.745. The van der Waals surface area contributed by atoms with Crippen LogP contribution in [-0.4, -0.2) is 50.8 Å². The van der Waals surface area contributed by atoms with Crippen LogP contribution in [-0.2, 0) is 11.2 Å². The van der Waals surface area contributed by atoms with Crippen molar-refractivity contribution in [2.24, 2.45) is 0 Å². The molecule has 1 unspecified atom stereocenters. The smallest absolute Gasteiger partial charge is 0.0462 e. The molecule has 0 amide bonds. The Morgan fingerprint density at radius 1 is 1.19 bits per heavy atom. The highest BCUT2D eigenvalue weighted by molar-refractivity contribution is 5.16. The van der Waals surface area contributed by atoms with E-state index >= 15 is 0 Å². The fourth-order valence-corrected chi connectivity index (χ4v) is 3.07. The second-order valence-electron chi connectivity index (χ2n) is 6.05. The van der Waals surface area contributed by atoms with Crippen LogP contribution in [0.5, 0.6) is 0 Å². The maximum absolute atomic E-state index is 5.11. The standard InChI is InChI=1S/C18H30N2O/c1-21-14-7-3-6-12-20-13-8-11-19-18(16-20)15-17-9-4-2-5-10-17/h2,4-5,9-10,18-19H,3,6-8,11-16H2,1H3. The first-order valence-corrected chi connectivity index (χ1v) is 8.37. The van der Waals surface area contributed by atoms with Crippen molar-refractivity contribution >= 4 is 0 Å². The number of methoxy groups -OCH3 is 1. The average molecular weight is 290 g/mol. The van der Waals surface area contributed by atoms with E-state index in [1.165, 1.54) is 50.9 Å². The summed E-state index contributed by atoms with van der Waals surface area (Å²) in [4.78, 5) is 2.64. The minimum atomic E-state index is 0.592. The Morgan fingerprint density at radius 3 is 2.86 bits per heavy atom. The first kappa shape index (κ1) is 16.5. The minimum absolute atomic E-state index is 0.592. The van der Waals surface area contributed by atoms with E-state index in [-0.39, 0.29) is 0 Å². The molecule has 1 aromatic carbocycles. The predicted molar refractivity (Wildman–Crippen MR) is 88.7 cm³/mol. The van der Waals surface area contributed by atoms with Gasteiger partial charge in [0.2, 0.25) is 0 Å². The predicted octanol–water partition coefficient (Wildman–Crippen LogP) is 2.71. The molecule has 0 aliphatic carbocycles. The summed E-state index contributed by atoms with van der Waals surface area (Å²) >= 11 is 0. The third-order valence-corrected chi connectivity index (χ3v) is 4.21. The van der Waals surface area contributed by atoms with Gasteiger partial charge in [-0.05, 0) is 57.3 Å². The molecule has 1 aliphatic heterocycles. The van der Waals surface area contributed by atoms with Crippen LogP contribution < -0.4 is 5.32 Å². The molecular weight excluding hydrogens is 260 g/mol. The number of hydrogen-bond donors (Lipinski definition) is 1. The zero-order valence-corrected chi connectivity index (χ0v) is 13.4. The van der Waals surface area contributed by atoms with E-state index in [1.54, 1.807) is 7.11 Å². The van der Waals surface area contributed by atoms with Crippen LogP contribution >= 0.6 is 0 Å². The number of nitrogens with zero attached hydrogens (tertiary/aromatic N) is 1. The number of hydrogen-bond acceptors (Lipinski definition) is 3. The first-order valence-electron chi connectivity index (χ1n) is 8.37. The summed E-state index contributed by atoms with van der Waals surface area (Å²) in [6, 6.07) is 11.4. The van der Waals surface area contributed by atoms with Gasteiger partial charge in [0.15, 0.2) is 0 Å². The molecule has 1 aromatic rings. The van der Waals surface area contributed by atoms with Crippen molar-refractivity contribution in [3.05, 3.63) is 35.9 Å². The minimum Gasteiger partial charge on any atom is -0.385 e. The van der Waals surface area contributed by atoms with Crippen molar-refractivity contribution < 1.29 is 4.74 Å². The summed E-state index contributed by atoms with van der Waals surface area (Å²) < 4.78 is 5.11. The van der Waals surface area contributed by atoms with Gasteiger partial charge in [0.05, 0.1) is 0 Å². The van der Waals surface area contributed by atoms with Crippen LogP contribution in [0.4, 0.5) is 0 Å². The molecular formula is C18H30N2O. The topological polar surface area (TPSA) is 24.5 Å². The van der Waals surface area contributed by atoms with Crippen LogP contribution in [0.3, 0.4) is 0 Å². The van der Waals surface area contributed by atoms with Gasteiger partial charge in [-0.15, -0.1) is 0 Å². The van der Waals surface area contributed by atoms with Crippen LogP contribution in [0.1, 0.15) is 31.2 Å². The van der Waals surface area contributed by atoms with Crippen LogP contribution in [0.25, 0.3) is 0 Å². The molecule has 1 aliphatic rings. The van der Waals surface area contributed by atoms with Crippen molar-refractivity contribution in [2.75, 3.05) is 39.9 Å². The Balaban J connectivity index is 1.73. The number of nitrogens with one attached hydrogen (secondary N) is 1. The maximum Gasteiger partial charge on any atom is 0.0462 e. The molecule has 1 saturated heterocycles. The van der Waals surface area contributed by atoms with Gasteiger partial charge >= 0.3 is 0 Å². The highest BCUT2D eigenvalue weighted by atomic mass is 16.5. The first-order chi connectivity index (χ1) is 10.4. The van der Waals surface area contributed by atoms with Crippen LogP contribution in [0.2, 0.25) is 0 Å². The van der Waals surface area contributed by atoms with E-state index in [0.717, 1.165) is 19.6 Å². The normalized spacial score (nSPS) is 20.3. The lowest BCUT2D eigenvalue weighted by Crippen LogP contribution is -2.39. The zero-order valence-electron chi connectivity index (χ0n) is 13.4. The SMILES string of the molecule is COCCCCCN1CCCNC(Cc2ccccc2)C1. The molecule has 0 spiro atoms. The summed E-state index contributed by atoms with van der Waals surface area (Å²) in [6.07, 6.45) is 6.17. The highest BCUT2D eigenvalue weighted by Crippen LogP contribution is 2.09. The Bertz CT molecular complexity index is 369. The second-order valence-corrected chi connectivity index (χ2v) is 6.05. The van der Waals surface area contributed by atoms with E-state index in [2.05, 4.69) is 40.5 Å². The van der Waals surface area contributed by atoms with Crippen LogP contribution in [0, 0.1) is 0 Å². The number of ether oxygens (including phenoxy) is 1. The number of unbranched alkanes of at least 4 members (excludes halogenated alkanes) is 2. The summed E-state index contributed by atoms with van der Waals surface area (Å²) in [5, 5.41) is 3.71. The van der Waals surface area contributed by atoms with E-state index in [0.29, 0.717) is 6.04 Å². The second kappa shape index (κ2) is 9.93. The fraction of sp³-hybridized carbons (Fsp3) is 0.667. The van der Waals surface area contributed by atoms with Crippen molar-refractivity contribution in [2.45, 2.75) is 38.1 Å². The Morgan fingerprint density at radius 2 is 2.05 bits per heavy atom. The monoisotopic (exact) mass is 290 g/mol. The Kier molecular flexibility index (Phi) is 7.79. The van der Waals surface area contributed by atoms with E-state index in [1.807, 2.05) is 0 Å². The van der Waals surface area contributed by atoms with Crippen molar-refractivity contribution in [1.82, 2.24) is 10.2 Å². The van der Waals surface area contributed by atoms with E-state index < -0.39 is 0 Å². The maximum atomic E-state index is 5.11. The average Bonchev–Trinajstić information content (AvgIpc) is 2.73. The van der Waals surface area contributed by atoms with Crippen molar-refractivity contribution in [3.8, 4) is 0 Å². The number of rotatable bonds is 8. The molecule has 0 aromatic heterocycles. The molecule has 1 fully saturated rings. The Labute approximate surface area is 129 Å². The van der Waals surface area contributed by atoms with Gasteiger partial charge < -0.3 is 15.0 Å². The molecule has 21 heavy (non-hydrogen) atoms. The molecule has 1 atom stereocenters. The lowest BCUT2D eigenvalue weighted by molar-refractivity contribution is 0.188. The molecule has 3 heteroatoms. The largest absolute Gasteiger partial charge is 0.385 e. The Hall–Kier alpha value is -0.900. The van der Waals surface area contributed by atoms with Gasteiger partial charge in [-0.1, -0.05) is 30.3 Å². The third-order valence-electron chi connectivity index (χ3n) is 4.21. The van der Waals surface area contributed by atoms with Crippen molar-refractivity contribution in [1.29, 1.82) is 0 Å². The van der Waals surface area contributed by atoms with Gasteiger partial charge in [-0.2, -0.15) is 0 Å². The summed E-state index contributed by atoms with van der Waals surface area (Å²) in [7, 11) is 1.79. The van der Waals surface area contributed by atoms with Gasteiger partial charge in [0.25, 0.3) is 0 Å². The summed E-state index contributed by atoms with van der Waals surface area (Å²) in [6.45, 7) is 5.70. The fourth-order valence-electron chi connectivity index (χ4n) is 3.07.